The third-order valence-corrected chi connectivity index (χ3v) is 1.65. The molecular weight excluding hydrogens is 144 g/mol. The molecule has 0 spiro atoms. The number of phenolic OH excluding ortho intramolecular Hbond substituents is 1. The zero-order valence-electron chi connectivity index (χ0n) is 5.90. The first-order valence-corrected chi connectivity index (χ1v) is 3.20. The van der Waals surface area contributed by atoms with Crippen LogP contribution in [0.1, 0.15) is 5.56 Å². The minimum atomic E-state index is 0.216. The van der Waals surface area contributed by atoms with Gasteiger partial charge in [-0.2, -0.15) is 0 Å². The Balaban J connectivity index is 2.93. The van der Waals surface area contributed by atoms with Crippen molar-refractivity contribution in [3.8, 4) is 5.75 Å². The lowest BCUT2D eigenvalue weighted by Crippen LogP contribution is -1.77. The van der Waals surface area contributed by atoms with Gasteiger partial charge in [-0.1, -0.05) is 0 Å². The van der Waals surface area contributed by atoms with Crippen molar-refractivity contribution in [2.75, 3.05) is 0 Å². The van der Waals surface area contributed by atoms with E-state index in [0.29, 0.717) is 16.6 Å². The van der Waals surface area contributed by atoms with Gasteiger partial charge in [-0.3, -0.25) is 0 Å². The summed E-state index contributed by atoms with van der Waals surface area (Å²) in [5, 5.41) is 16.5. The Kier molecular flexibility index (Phi) is 1.09. The molecule has 1 aromatic heterocycles. The van der Waals surface area contributed by atoms with Gasteiger partial charge in [0.1, 0.15) is 16.8 Å². The summed E-state index contributed by atoms with van der Waals surface area (Å²) >= 11 is 0. The van der Waals surface area contributed by atoms with E-state index in [1.807, 2.05) is 0 Å². The van der Waals surface area contributed by atoms with E-state index in [-0.39, 0.29) is 5.75 Å². The maximum Gasteiger partial charge on any atom is 0.141 e. The van der Waals surface area contributed by atoms with Crippen molar-refractivity contribution < 1.29 is 9.74 Å². The van der Waals surface area contributed by atoms with Crippen LogP contribution in [0.15, 0.2) is 16.8 Å². The highest BCUT2D eigenvalue weighted by atomic mass is 16.6. The van der Waals surface area contributed by atoms with Gasteiger partial charge < -0.3 is 5.11 Å². The Bertz CT molecular complexity index is 394. The van der Waals surface area contributed by atoms with Crippen LogP contribution in [0.2, 0.25) is 0 Å². The average molecular weight is 150 g/mol. The summed E-state index contributed by atoms with van der Waals surface area (Å²) in [7, 11) is 0. The van der Waals surface area contributed by atoms with Gasteiger partial charge in [0.05, 0.1) is 0 Å². The highest BCUT2D eigenvalue weighted by Crippen LogP contribution is 2.22. The van der Waals surface area contributed by atoms with E-state index in [1.165, 1.54) is 0 Å². The molecule has 1 N–H and O–H groups in total. The normalized spacial score (nSPS) is 10.6. The molecule has 0 aliphatic heterocycles. The van der Waals surface area contributed by atoms with E-state index in [2.05, 4.69) is 14.9 Å². The molecule has 0 atom stereocenters. The number of aromatic hydroxyl groups is 1. The van der Waals surface area contributed by atoms with E-state index in [9.17, 15) is 5.11 Å². The van der Waals surface area contributed by atoms with Crippen molar-refractivity contribution in [3.63, 3.8) is 0 Å². The summed E-state index contributed by atoms with van der Waals surface area (Å²) in [5.41, 5.74) is 1.98. The predicted molar refractivity (Wildman–Crippen MR) is 38.2 cm³/mol. The molecule has 4 nitrogen and oxygen atoms in total. The maximum absolute atomic E-state index is 9.23. The topological polar surface area (TPSA) is 59.2 Å². The van der Waals surface area contributed by atoms with Gasteiger partial charge in [-0.15, -0.1) is 0 Å². The molecule has 0 saturated carbocycles. The third kappa shape index (κ3) is 0.756. The molecule has 11 heavy (non-hydrogen) atoms. The molecule has 2 aromatic rings. The molecule has 4 heteroatoms. The number of benzene rings is 1. The number of fused-ring (bicyclic) bond motifs is 1. The predicted octanol–water partition coefficient (Wildman–Crippen LogP) is 1.24. The van der Waals surface area contributed by atoms with Gasteiger partial charge in [0.25, 0.3) is 0 Å². The van der Waals surface area contributed by atoms with E-state index in [4.69, 9.17) is 0 Å². The van der Waals surface area contributed by atoms with Crippen LogP contribution in [-0.4, -0.2) is 15.4 Å². The quantitative estimate of drug-likeness (QED) is 0.613. The average Bonchev–Trinajstić information content (AvgIpc) is 2.45. The summed E-state index contributed by atoms with van der Waals surface area (Å²) in [6.07, 6.45) is 0. The smallest absolute Gasteiger partial charge is 0.141 e. The highest BCUT2D eigenvalue weighted by Gasteiger charge is 2.05. The van der Waals surface area contributed by atoms with Crippen molar-refractivity contribution in [1.29, 1.82) is 0 Å². The van der Waals surface area contributed by atoms with E-state index < -0.39 is 0 Å². The van der Waals surface area contributed by atoms with E-state index >= 15 is 0 Å². The molecule has 1 aromatic carbocycles. The number of hydrogen-bond acceptors (Lipinski definition) is 4. The van der Waals surface area contributed by atoms with Gasteiger partial charge >= 0.3 is 0 Å². The molecule has 1 heterocycles. The van der Waals surface area contributed by atoms with Crippen LogP contribution in [0.5, 0.6) is 5.75 Å². The van der Waals surface area contributed by atoms with Crippen LogP contribution in [0.25, 0.3) is 11.0 Å². The molecule has 0 fully saturated rings. The minimum Gasteiger partial charge on any atom is -0.508 e. The van der Waals surface area contributed by atoms with Gasteiger partial charge in [-0.25, -0.2) is 4.63 Å². The van der Waals surface area contributed by atoms with Gasteiger partial charge in [0.15, 0.2) is 0 Å². The number of hydrogen-bond donors (Lipinski definition) is 1. The van der Waals surface area contributed by atoms with Gasteiger partial charge in [-0.05, 0) is 29.4 Å². The minimum absolute atomic E-state index is 0.216. The van der Waals surface area contributed by atoms with E-state index in [0.717, 1.165) is 0 Å². The Morgan fingerprint density at radius 2 is 2.18 bits per heavy atom. The molecule has 0 aliphatic carbocycles. The summed E-state index contributed by atoms with van der Waals surface area (Å²) in [6, 6.07) is 3.23. The molecular formula is C7H6N2O2. The zero-order valence-corrected chi connectivity index (χ0v) is 5.90. The van der Waals surface area contributed by atoms with Crippen molar-refractivity contribution in [2.45, 2.75) is 6.92 Å². The number of nitrogens with zero attached hydrogens (tertiary/aromatic N) is 2. The first kappa shape index (κ1) is 6.15. The monoisotopic (exact) mass is 150 g/mol. The van der Waals surface area contributed by atoms with Crippen LogP contribution < -0.4 is 0 Å². The lowest BCUT2D eigenvalue weighted by Gasteiger charge is -1.94. The van der Waals surface area contributed by atoms with Crippen molar-refractivity contribution in [3.05, 3.63) is 17.7 Å². The SMILES string of the molecule is Cc1c(O)ccc2nonc12. The maximum atomic E-state index is 9.23. The molecule has 0 bridgehead atoms. The summed E-state index contributed by atoms with van der Waals surface area (Å²) in [6.45, 7) is 1.77. The van der Waals surface area contributed by atoms with Crippen molar-refractivity contribution in [2.24, 2.45) is 0 Å². The second kappa shape index (κ2) is 1.95. The summed E-state index contributed by atoms with van der Waals surface area (Å²) < 4.78 is 4.49. The Labute approximate surface area is 62.4 Å². The third-order valence-electron chi connectivity index (χ3n) is 1.65. The lowest BCUT2D eigenvalue weighted by atomic mass is 10.2. The zero-order chi connectivity index (χ0) is 7.84. The van der Waals surface area contributed by atoms with Gasteiger partial charge in [0, 0.05) is 5.56 Å². The van der Waals surface area contributed by atoms with Crippen molar-refractivity contribution in [1.82, 2.24) is 10.3 Å². The molecule has 0 amide bonds. The Morgan fingerprint density at radius 3 is 3.00 bits per heavy atom. The number of aromatic nitrogens is 2. The first-order chi connectivity index (χ1) is 5.29. The molecule has 0 unspecified atom stereocenters. The van der Waals surface area contributed by atoms with Crippen LogP contribution in [0.4, 0.5) is 0 Å². The fourth-order valence-electron chi connectivity index (χ4n) is 0.969. The van der Waals surface area contributed by atoms with Crippen LogP contribution in [0, 0.1) is 6.92 Å². The number of phenols is 1. The molecule has 56 valence electrons. The van der Waals surface area contributed by atoms with Crippen LogP contribution >= 0.6 is 0 Å². The number of aryl methyl sites for hydroxylation is 1. The van der Waals surface area contributed by atoms with E-state index in [1.54, 1.807) is 19.1 Å². The highest BCUT2D eigenvalue weighted by molar-refractivity contribution is 5.79. The van der Waals surface area contributed by atoms with Crippen molar-refractivity contribution >= 4 is 11.0 Å². The molecule has 0 radical (unpaired) electrons. The lowest BCUT2D eigenvalue weighted by molar-refractivity contribution is 0.315. The second-order valence-corrected chi connectivity index (χ2v) is 2.34. The molecule has 0 saturated heterocycles. The summed E-state index contributed by atoms with van der Waals surface area (Å²) in [4.78, 5) is 0. The Hall–Kier alpha value is -1.58. The largest absolute Gasteiger partial charge is 0.508 e. The van der Waals surface area contributed by atoms with Crippen LogP contribution in [0.3, 0.4) is 0 Å². The fraction of sp³-hybridized carbons (Fsp3) is 0.143. The van der Waals surface area contributed by atoms with Crippen LogP contribution in [-0.2, 0) is 0 Å². The summed E-state index contributed by atoms with van der Waals surface area (Å²) in [5.74, 6) is 0.216. The fourth-order valence-corrected chi connectivity index (χ4v) is 0.969. The molecule has 0 aliphatic rings. The molecule has 2 rings (SSSR count). The second-order valence-electron chi connectivity index (χ2n) is 2.34. The Morgan fingerprint density at radius 1 is 1.36 bits per heavy atom. The standard InChI is InChI=1S/C7H6N2O2/c1-4-6(10)3-2-5-7(4)9-11-8-5/h2-3,10H,1H3. The number of rotatable bonds is 0. The first-order valence-electron chi connectivity index (χ1n) is 3.20. The van der Waals surface area contributed by atoms with Gasteiger partial charge in [0.2, 0.25) is 0 Å².